The maximum absolute atomic E-state index is 11.9. The van der Waals surface area contributed by atoms with Gasteiger partial charge in [0, 0.05) is 24.8 Å². The Hall–Kier alpha value is -1.78. The molecule has 0 saturated carbocycles. The van der Waals surface area contributed by atoms with Crippen LogP contribution in [-0.4, -0.2) is 30.6 Å². The lowest BCUT2D eigenvalue weighted by Crippen LogP contribution is -2.37. The number of halogens is 2. The number of piperidine rings is 1. The van der Waals surface area contributed by atoms with Gasteiger partial charge >= 0.3 is 5.97 Å². The summed E-state index contributed by atoms with van der Waals surface area (Å²) in [5.74, 6) is 0.784. The highest BCUT2D eigenvalue weighted by Crippen LogP contribution is 2.34. The molecule has 1 fully saturated rings. The van der Waals surface area contributed by atoms with Crippen LogP contribution < -0.4 is 4.90 Å². The second-order valence-corrected chi connectivity index (χ2v) is 6.80. The van der Waals surface area contributed by atoms with Gasteiger partial charge in [-0.3, -0.25) is 4.79 Å². The van der Waals surface area contributed by atoms with E-state index < -0.39 is 0 Å². The van der Waals surface area contributed by atoms with E-state index >= 15 is 0 Å². The van der Waals surface area contributed by atoms with Crippen LogP contribution in [0.1, 0.15) is 19.8 Å². The van der Waals surface area contributed by atoms with E-state index in [4.69, 9.17) is 27.9 Å². The van der Waals surface area contributed by atoms with Gasteiger partial charge in [-0.1, -0.05) is 35.3 Å². The molecule has 0 spiro atoms. The van der Waals surface area contributed by atoms with E-state index in [0.717, 1.165) is 42.9 Å². The van der Waals surface area contributed by atoms with Crippen molar-refractivity contribution in [2.24, 2.45) is 5.92 Å². The molecule has 1 saturated heterocycles. The van der Waals surface area contributed by atoms with E-state index in [0.29, 0.717) is 16.7 Å². The van der Waals surface area contributed by atoms with E-state index in [2.05, 4.69) is 9.88 Å². The Bertz CT molecular complexity index is 759. The molecule has 0 aliphatic carbocycles. The third kappa shape index (κ3) is 4.07. The number of aromatic nitrogens is 1. The van der Waals surface area contributed by atoms with Gasteiger partial charge in [-0.15, -0.1) is 0 Å². The number of hydrogen-bond donors (Lipinski definition) is 0. The second kappa shape index (κ2) is 8.07. The van der Waals surface area contributed by atoms with Crippen molar-refractivity contribution in [2.75, 3.05) is 24.6 Å². The number of pyridine rings is 1. The van der Waals surface area contributed by atoms with Gasteiger partial charge in [0.15, 0.2) is 0 Å². The fraction of sp³-hybridized carbons (Fsp3) is 0.368. The van der Waals surface area contributed by atoms with Gasteiger partial charge in [-0.05, 0) is 43.5 Å². The molecule has 25 heavy (non-hydrogen) atoms. The van der Waals surface area contributed by atoms with Crippen molar-refractivity contribution in [3.05, 3.63) is 46.6 Å². The number of carbonyl (C=O) groups excluding carboxylic acids is 1. The Morgan fingerprint density at radius 2 is 2.04 bits per heavy atom. The summed E-state index contributed by atoms with van der Waals surface area (Å²) in [7, 11) is 0. The lowest BCUT2D eigenvalue weighted by molar-refractivity contribution is -0.148. The molecule has 0 atom stereocenters. The first kappa shape index (κ1) is 18.0. The van der Waals surface area contributed by atoms with Gasteiger partial charge in [0.25, 0.3) is 0 Å². The Labute approximate surface area is 157 Å². The zero-order valence-electron chi connectivity index (χ0n) is 14.0. The van der Waals surface area contributed by atoms with Gasteiger partial charge < -0.3 is 9.64 Å². The fourth-order valence-corrected chi connectivity index (χ4v) is 3.50. The first-order valence-corrected chi connectivity index (χ1v) is 9.17. The quantitative estimate of drug-likeness (QED) is 0.714. The van der Waals surface area contributed by atoms with Crippen LogP contribution in [0.4, 0.5) is 5.82 Å². The van der Waals surface area contributed by atoms with Crippen molar-refractivity contribution >= 4 is 35.0 Å². The zero-order valence-corrected chi connectivity index (χ0v) is 15.6. The summed E-state index contributed by atoms with van der Waals surface area (Å²) in [5, 5.41) is 1.08. The molecule has 6 heteroatoms. The first-order valence-electron chi connectivity index (χ1n) is 8.42. The van der Waals surface area contributed by atoms with Crippen molar-refractivity contribution in [3.8, 4) is 11.1 Å². The summed E-state index contributed by atoms with van der Waals surface area (Å²) in [5.41, 5.74) is 1.87. The Kier molecular flexibility index (Phi) is 5.82. The number of anilines is 1. The second-order valence-electron chi connectivity index (χ2n) is 6.02. The average molecular weight is 379 g/mol. The molecule has 2 heterocycles. The summed E-state index contributed by atoms with van der Waals surface area (Å²) >= 11 is 12.5. The molecule has 132 valence electrons. The molecule has 0 unspecified atom stereocenters. The van der Waals surface area contributed by atoms with Crippen LogP contribution in [0.3, 0.4) is 0 Å². The molecule has 0 N–H and O–H groups in total. The summed E-state index contributed by atoms with van der Waals surface area (Å²) < 4.78 is 5.12. The monoisotopic (exact) mass is 378 g/mol. The van der Waals surface area contributed by atoms with Crippen molar-refractivity contribution in [1.82, 2.24) is 4.98 Å². The van der Waals surface area contributed by atoms with Crippen LogP contribution >= 0.6 is 23.2 Å². The molecule has 1 aliphatic rings. The van der Waals surface area contributed by atoms with Gasteiger partial charge in [0.1, 0.15) is 5.82 Å². The largest absolute Gasteiger partial charge is 0.466 e. The first-order chi connectivity index (χ1) is 12.1. The molecule has 1 aliphatic heterocycles. The minimum Gasteiger partial charge on any atom is -0.466 e. The number of ether oxygens (including phenoxy) is 1. The summed E-state index contributed by atoms with van der Waals surface area (Å²) in [6, 6.07) is 9.54. The zero-order chi connectivity index (χ0) is 17.8. The average Bonchev–Trinajstić information content (AvgIpc) is 2.64. The summed E-state index contributed by atoms with van der Waals surface area (Å²) in [6.45, 7) is 3.83. The van der Waals surface area contributed by atoms with Crippen LogP contribution in [-0.2, 0) is 9.53 Å². The third-order valence-electron chi connectivity index (χ3n) is 4.45. The Balaban J connectivity index is 1.75. The van der Waals surface area contributed by atoms with E-state index in [1.165, 1.54) is 0 Å². The predicted octanol–water partition coefficient (Wildman–Crippen LogP) is 4.83. The maximum Gasteiger partial charge on any atom is 0.309 e. The maximum atomic E-state index is 11.9. The molecule has 0 radical (unpaired) electrons. The highest BCUT2D eigenvalue weighted by Gasteiger charge is 2.26. The summed E-state index contributed by atoms with van der Waals surface area (Å²) in [4.78, 5) is 18.5. The third-order valence-corrected chi connectivity index (χ3v) is 5.27. The highest BCUT2D eigenvalue weighted by molar-refractivity contribution is 6.43. The van der Waals surface area contributed by atoms with Crippen LogP contribution in [0.15, 0.2) is 36.5 Å². The number of esters is 1. The Morgan fingerprint density at radius 3 is 2.76 bits per heavy atom. The van der Waals surface area contributed by atoms with Crippen LogP contribution in [0.2, 0.25) is 10.0 Å². The van der Waals surface area contributed by atoms with Crippen LogP contribution in [0, 0.1) is 5.92 Å². The molecule has 0 amide bonds. The summed E-state index contributed by atoms with van der Waals surface area (Å²) in [6.07, 6.45) is 3.34. The fourth-order valence-electron chi connectivity index (χ4n) is 3.09. The topological polar surface area (TPSA) is 42.4 Å². The van der Waals surface area contributed by atoms with Crippen LogP contribution in [0.25, 0.3) is 11.1 Å². The minimum atomic E-state index is -0.0884. The van der Waals surface area contributed by atoms with Gasteiger partial charge in [0.2, 0.25) is 0 Å². The molecular formula is C19H20Cl2N2O2. The van der Waals surface area contributed by atoms with E-state index in [1.54, 1.807) is 12.3 Å². The van der Waals surface area contributed by atoms with Gasteiger partial charge in [-0.25, -0.2) is 4.98 Å². The van der Waals surface area contributed by atoms with Crippen LogP contribution in [0.5, 0.6) is 0 Å². The molecule has 2 aromatic rings. The minimum absolute atomic E-state index is 0.0123. The van der Waals surface area contributed by atoms with Crippen molar-refractivity contribution < 1.29 is 9.53 Å². The lowest BCUT2D eigenvalue weighted by atomic mass is 9.97. The van der Waals surface area contributed by atoms with E-state index in [1.807, 2.05) is 31.2 Å². The Morgan fingerprint density at radius 1 is 1.28 bits per heavy atom. The van der Waals surface area contributed by atoms with E-state index in [9.17, 15) is 4.79 Å². The number of nitrogens with zero attached hydrogens (tertiary/aromatic N) is 2. The van der Waals surface area contributed by atoms with Crippen molar-refractivity contribution in [1.29, 1.82) is 0 Å². The molecule has 1 aromatic carbocycles. The number of rotatable bonds is 4. The van der Waals surface area contributed by atoms with Gasteiger partial charge in [-0.2, -0.15) is 0 Å². The number of carbonyl (C=O) groups is 1. The predicted molar refractivity (Wildman–Crippen MR) is 101 cm³/mol. The molecular weight excluding hydrogens is 359 g/mol. The highest BCUT2D eigenvalue weighted by atomic mass is 35.5. The number of hydrogen-bond acceptors (Lipinski definition) is 4. The van der Waals surface area contributed by atoms with Gasteiger partial charge in [0.05, 0.1) is 22.6 Å². The molecule has 3 rings (SSSR count). The molecule has 4 nitrogen and oxygen atoms in total. The standard InChI is InChI=1S/C19H20Cl2N2O2/c1-2-25-19(24)13-7-10-23(11-8-13)17-12-14(6-9-22-17)15-4-3-5-16(20)18(15)21/h3-6,9,12-13H,2,7-8,10-11H2,1H3. The molecule has 1 aromatic heterocycles. The van der Waals surface area contributed by atoms with Crippen molar-refractivity contribution in [3.63, 3.8) is 0 Å². The molecule has 0 bridgehead atoms. The normalized spacial score (nSPS) is 15.2. The van der Waals surface area contributed by atoms with E-state index in [-0.39, 0.29) is 11.9 Å². The smallest absolute Gasteiger partial charge is 0.309 e. The van der Waals surface area contributed by atoms with Crippen molar-refractivity contribution in [2.45, 2.75) is 19.8 Å². The number of benzene rings is 1. The SMILES string of the molecule is CCOC(=O)C1CCN(c2cc(-c3cccc(Cl)c3Cl)ccn2)CC1. The lowest BCUT2D eigenvalue weighted by Gasteiger charge is -2.31.